The van der Waals surface area contributed by atoms with Crippen molar-refractivity contribution in [3.63, 3.8) is 0 Å². The first-order valence-corrected chi connectivity index (χ1v) is 6.59. The van der Waals surface area contributed by atoms with Gasteiger partial charge in [0.25, 0.3) is 0 Å². The van der Waals surface area contributed by atoms with Gasteiger partial charge in [-0.2, -0.15) is 0 Å². The normalized spacial score (nSPS) is 35.4. The van der Waals surface area contributed by atoms with Gasteiger partial charge in [-0.15, -0.1) is 0 Å². The summed E-state index contributed by atoms with van der Waals surface area (Å²) < 4.78 is 0. The molecule has 1 aliphatic heterocycles. The lowest BCUT2D eigenvalue weighted by atomic mass is 9.66. The zero-order valence-corrected chi connectivity index (χ0v) is 10.3. The lowest BCUT2D eigenvalue weighted by Crippen LogP contribution is -2.41. The number of nitrogens with zero attached hydrogens (tertiary/aromatic N) is 1. The molecule has 0 aromatic rings. The smallest absolute Gasteiger partial charge is 0.00700 e. The van der Waals surface area contributed by atoms with Gasteiger partial charge in [-0.25, -0.2) is 0 Å². The van der Waals surface area contributed by atoms with Gasteiger partial charge in [0.15, 0.2) is 0 Å². The fourth-order valence-corrected chi connectivity index (χ4v) is 3.31. The van der Waals surface area contributed by atoms with Crippen LogP contribution in [-0.4, -0.2) is 30.6 Å². The minimum atomic E-state index is 0.533. The van der Waals surface area contributed by atoms with Crippen molar-refractivity contribution in [1.82, 2.24) is 4.90 Å². The summed E-state index contributed by atoms with van der Waals surface area (Å²) in [5.41, 5.74) is 6.43. The number of hydrogen-bond acceptors (Lipinski definition) is 2. The second kappa shape index (κ2) is 4.42. The van der Waals surface area contributed by atoms with Crippen molar-refractivity contribution < 1.29 is 0 Å². The van der Waals surface area contributed by atoms with E-state index in [0.29, 0.717) is 5.41 Å². The van der Waals surface area contributed by atoms with Crippen LogP contribution >= 0.6 is 0 Å². The molecule has 88 valence electrons. The van der Waals surface area contributed by atoms with Crippen molar-refractivity contribution in [1.29, 1.82) is 0 Å². The highest BCUT2D eigenvalue weighted by atomic mass is 15.2. The maximum absolute atomic E-state index is 5.90. The molecule has 0 amide bonds. The Labute approximate surface area is 94.2 Å². The van der Waals surface area contributed by atoms with E-state index in [1.165, 1.54) is 45.2 Å². The minimum Gasteiger partial charge on any atom is -0.330 e. The highest BCUT2D eigenvalue weighted by Gasteiger charge is 2.36. The Morgan fingerprint density at radius 1 is 1.33 bits per heavy atom. The topological polar surface area (TPSA) is 29.3 Å². The Morgan fingerprint density at radius 2 is 2.07 bits per heavy atom. The van der Waals surface area contributed by atoms with Crippen LogP contribution < -0.4 is 5.73 Å². The molecule has 2 heteroatoms. The Morgan fingerprint density at radius 3 is 2.47 bits per heavy atom. The largest absolute Gasteiger partial charge is 0.330 e. The van der Waals surface area contributed by atoms with Crippen LogP contribution in [0.4, 0.5) is 0 Å². The van der Waals surface area contributed by atoms with Crippen LogP contribution in [0.15, 0.2) is 0 Å². The average molecular weight is 210 g/mol. The summed E-state index contributed by atoms with van der Waals surface area (Å²) in [7, 11) is 0. The molecule has 1 aliphatic carbocycles. The summed E-state index contributed by atoms with van der Waals surface area (Å²) in [4.78, 5) is 2.67. The maximum Gasteiger partial charge on any atom is 0.00700 e. The monoisotopic (exact) mass is 210 g/mol. The van der Waals surface area contributed by atoms with Gasteiger partial charge in [-0.1, -0.05) is 13.3 Å². The van der Waals surface area contributed by atoms with E-state index in [9.17, 15) is 0 Å². The first-order chi connectivity index (χ1) is 7.15. The van der Waals surface area contributed by atoms with Crippen LogP contribution in [0.1, 0.15) is 46.0 Å². The molecule has 2 rings (SSSR count). The molecule has 15 heavy (non-hydrogen) atoms. The van der Waals surface area contributed by atoms with Gasteiger partial charge >= 0.3 is 0 Å². The predicted octanol–water partition coefficient (Wildman–Crippen LogP) is 2.24. The molecule has 2 N–H and O–H groups in total. The van der Waals surface area contributed by atoms with E-state index in [4.69, 9.17) is 5.73 Å². The van der Waals surface area contributed by atoms with Gasteiger partial charge in [0.2, 0.25) is 0 Å². The highest BCUT2D eigenvalue weighted by molar-refractivity contribution is 4.90. The van der Waals surface area contributed by atoms with E-state index < -0.39 is 0 Å². The molecule has 2 aliphatic rings. The predicted molar refractivity (Wildman–Crippen MR) is 64.8 cm³/mol. The average Bonchev–Trinajstić information content (AvgIpc) is 2.44. The minimum absolute atomic E-state index is 0.533. The van der Waals surface area contributed by atoms with E-state index in [1.807, 2.05) is 0 Å². The van der Waals surface area contributed by atoms with E-state index in [1.54, 1.807) is 0 Å². The molecular formula is C13H26N2. The zero-order chi connectivity index (χ0) is 10.9. The van der Waals surface area contributed by atoms with Gasteiger partial charge < -0.3 is 10.6 Å². The molecule has 2 unspecified atom stereocenters. The van der Waals surface area contributed by atoms with Crippen molar-refractivity contribution in [2.45, 2.75) is 52.0 Å². The third-order valence-electron chi connectivity index (χ3n) is 4.69. The molecule has 1 heterocycles. The standard InChI is InChI=1S/C13H26N2/c1-11-8-12(2)15(9-11)7-6-13(10-14)4-3-5-13/h11-12H,3-10,14H2,1-2H3. The fraction of sp³-hybridized carbons (Fsp3) is 1.00. The lowest BCUT2D eigenvalue weighted by molar-refractivity contribution is 0.104. The molecule has 2 nitrogen and oxygen atoms in total. The van der Waals surface area contributed by atoms with Gasteiger partial charge in [-0.3, -0.25) is 0 Å². The van der Waals surface area contributed by atoms with Crippen LogP contribution in [0.2, 0.25) is 0 Å². The third-order valence-corrected chi connectivity index (χ3v) is 4.69. The first-order valence-electron chi connectivity index (χ1n) is 6.59. The van der Waals surface area contributed by atoms with Gasteiger partial charge in [0.1, 0.15) is 0 Å². The van der Waals surface area contributed by atoms with Crippen LogP contribution in [0.5, 0.6) is 0 Å². The van der Waals surface area contributed by atoms with Crippen LogP contribution in [0, 0.1) is 11.3 Å². The maximum atomic E-state index is 5.90. The Bertz CT molecular complexity index is 205. The van der Waals surface area contributed by atoms with E-state index >= 15 is 0 Å². The lowest BCUT2D eigenvalue weighted by Gasteiger charge is -2.42. The zero-order valence-electron chi connectivity index (χ0n) is 10.3. The Balaban J connectivity index is 1.77. The van der Waals surface area contributed by atoms with Gasteiger partial charge in [0.05, 0.1) is 0 Å². The Hall–Kier alpha value is -0.0800. The molecule has 0 spiro atoms. The second-order valence-corrected chi connectivity index (χ2v) is 5.99. The highest BCUT2D eigenvalue weighted by Crippen LogP contribution is 2.43. The second-order valence-electron chi connectivity index (χ2n) is 5.99. The molecular weight excluding hydrogens is 184 g/mol. The SMILES string of the molecule is CC1CC(C)N(CCC2(CN)CCC2)C1. The van der Waals surface area contributed by atoms with E-state index in [0.717, 1.165) is 18.5 Å². The summed E-state index contributed by atoms with van der Waals surface area (Å²) in [6, 6.07) is 0.801. The molecule has 2 fully saturated rings. The number of nitrogens with two attached hydrogens (primary N) is 1. The van der Waals surface area contributed by atoms with Gasteiger partial charge in [-0.05, 0) is 57.0 Å². The summed E-state index contributed by atoms with van der Waals surface area (Å²) >= 11 is 0. The molecule has 2 atom stereocenters. The van der Waals surface area contributed by atoms with Crippen LogP contribution in [-0.2, 0) is 0 Å². The molecule has 1 saturated heterocycles. The summed E-state index contributed by atoms with van der Waals surface area (Å²) in [5, 5.41) is 0. The summed E-state index contributed by atoms with van der Waals surface area (Å²) in [6.45, 7) is 8.24. The van der Waals surface area contributed by atoms with Crippen LogP contribution in [0.25, 0.3) is 0 Å². The fourth-order valence-electron chi connectivity index (χ4n) is 3.31. The van der Waals surface area contributed by atoms with Crippen molar-refractivity contribution in [2.24, 2.45) is 17.1 Å². The number of rotatable bonds is 4. The van der Waals surface area contributed by atoms with Gasteiger partial charge in [0, 0.05) is 12.6 Å². The third kappa shape index (κ3) is 2.36. The van der Waals surface area contributed by atoms with Crippen LogP contribution in [0.3, 0.4) is 0 Å². The number of likely N-dealkylation sites (tertiary alicyclic amines) is 1. The summed E-state index contributed by atoms with van der Waals surface area (Å²) in [5.74, 6) is 0.898. The molecule has 0 bridgehead atoms. The van der Waals surface area contributed by atoms with Crippen molar-refractivity contribution in [3.05, 3.63) is 0 Å². The molecule has 0 aromatic heterocycles. The Kier molecular flexibility index (Phi) is 3.36. The van der Waals surface area contributed by atoms with Crippen molar-refractivity contribution in [3.8, 4) is 0 Å². The van der Waals surface area contributed by atoms with Crippen molar-refractivity contribution >= 4 is 0 Å². The molecule has 1 saturated carbocycles. The first kappa shape index (κ1) is 11.4. The molecule has 0 aromatic carbocycles. The number of hydrogen-bond donors (Lipinski definition) is 1. The van der Waals surface area contributed by atoms with Crippen molar-refractivity contribution in [2.75, 3.05) is 19.6 Å². The summed E-state index contributed by atoms with van der Waals surface area (Å²) in [6.07, 6.45) is 6.88. The van der Waals surface area contributed by atoms with E-state index in [2.05, 4.69) is 18.7 Å². The molecule has 0 radical (unpaired) electrons. The van der Waals surface area contributed by atoms with E-state index in [-0.39, 0.29) is 0 Å². The quantitative estimate of drug-likeness (QED) is 0.771.